The molecule has 1 aliphatic heterocycles. The van der Waals surface area contributed by atoms with Crippen molar-refractivity contribution < 1.29 is 23.5 Å². The fraction of sp³-hybridized carbons (Fsp3) is 0.211. The van der Waals surface area contributed by atoms with Gasteiger partial charge in [0.25, 0.3) is 17.6 Å². The van der Waals surface area contributed by atoms with E-state index in [1.807, 2.05) is 31.2 Å². The topological polar surface area (TPSA) is 95.7 Å². The fourth-order valence-corrected chi connectivity index (χ4v) is 2.70. The number of fused-ring (bicyclic) bond motifs is 1. The van der Waals surface area contributed by atoms with Crippen LogP contribution >= 0.6 is 0 Å². The molecule has 2 heterocycles. The van der Waals surface area contributed by atoms with Crippen molar-refractivity contribution in [3.63, 3.8) is 0 Å². The summed E-state index contributed by atoms with van der Waals surface area (Å²) < 4.78 is 21.0. The minimum atomic E-state index is -0.422. The molecule has 0 saturated carbocycles. The van der Waals surface area contributed by atoms with Gasteiger partial charge in [-0.15, -0.1) is 0 Å². The normalized spacial score (nSPS) is 13.3. The second-order valence-electron chi connectivity index (χ2n) is 5.96. The average molecular weight is 367 g/mol. The Kier molecular flexibility index (Phi) is 4.37. The van der Waals surface area contributed by atoms with Crippen molar-refractivity contribution in [2.24, 2.45) is 0 Å². The van der Waals surface area contributed by atoms with Crippen LogP contribution in [0.4, 0.5) is 0 Å². The molecule has 1 atom stereocenters. The molecule has 1 N–H and O–H groups in total. The third kappa shape index (κ3) is 3.41. The third-order valence-corrected chi connectivity index (χ3v) is 4.21. The molecule has 4 rings (SSSR count). The minimum Gasteiger partial charge on any atom is -0.497 e. The summed E-state index contributed by atoms with van der Waals surface area (Å²) in [5.41, 5.74) is 1.58. The number of carbonyl (C=O) groups is 1. The van der Waals surface area contributed by atoms with Crippen molar-refractivity contribution in [3.05, 3.63) is 53.9 Å². The number of carbonyl (C=O) groups excluding carboxylic acids is 1. The van der Waals surface area contributed by atoms with Crippen LogP contribution in [0.15, 0.2) is 47.0 Å². The van der Waals surface area contributed by atoms with E-state index in [-0.39, 0.29) is 24.5 Å². The summed E-state index contributed by atoms with van der Waals surface area (Å²) in [6.45, 7) is 2.05. The molecule has 1 amide bonds. The van der Waals surface area contributed by atoms with Crippen LogP contribution in [0, 0.1) is 0 Å². The lowest BCUT2D eigenvalue weighted by atomic mass is 10.1. The van der Waals surface area contributed by atoms with Crippen LogP contribution in [0.2, 0.25) is 0 Å². The van der Waals surface area contributed by atoms with E-state index in [1.54, 1.807) is 25.3 Å². The van der Waals surface area contributed by atoms with Gasteiger partial charge in [0.1, 0.15) is 5.75 Å². The molecule has 0 aliphatic carbocycles. The second kappa shape index (κ2) is 6.99. The number of rotatable bonds is 5. The Bertz CT molecular complexity index is 968. The van der Waals surface area contributed by atoms with Crippen LogP contribution in [0.1, 0.15) is 29.1 Å². The highest BCUT2D eigenvalue weighted by Crippen LogP contribution is 2.35. The number of benzene rings is 2. The van der Waals surface area contributed by atoms with Gasteiger partial charge < -0.3 is 24.1 Å². The summed E-state index contributed by atoms with van der Waals surface area (Å²) in [6.07, 6.45) is 0. The van der Waals surface area contributed by atoms with E-state index < -0.39 is 5.91 Å². The maximum atomic E-state index is 12.4. The average Bonchev–Trinajstić information content (AvgIpc) is 3.36. The van der Waals surface area contributed by atoms with E-state index in [0.29, 0.717) is 17.1 Å². The lowest BCUT2D eigenvalue weighted by molar-refractivity contribution is 0.0926. The number of amides is 1. The van der Waals surface area contributed by atoms with Gasteiger partial charge in [0.15, 0.2) is 11.5 Å². The van der Waals surface area contributed by atoms with E-state index in [4.69, 9.17) is 18.7 Å². The number of aromatic nitrogens is 2. The predicted molar refractivity (Wildman–Crippen MR) is 94.7 cm³/mol. The van der Waals surface area contributed by atoms with E-state index in [1.165, 1.54) is 0 Å². The van der Waals surface area contributed by atoms with Crippen LogP contribution in [0.5, 0.6) is 17.2 Å². The highest BCUT2D eigenvalue weighted by Gasteiger charge is 2.20. The van der Waals surface area contributed by atoms with Gasteiger partial charge in [-0.3, -0.25) is 4.79 Å². The number of hydrogen-bond donors (Lipinski definition) is 1. The van der Waals surface area contributed by atoms with Crippen molar-refractivity contribution >= 4 is 5.91 Å². The van der Waals surface area contributed by atoms with Gasteiger partial charge in [-0.05, 0) is 42.8 Å². The molecule has 8 nitrogen and oxygen atoms in total. The molecule has 0 spiro atoms. The largest absolute Gasteiger partial charge is 0.497 e. The molecule has 0 unspecified atom stereocenters. The number of nitrogens with zero attached hydrogens (tertiary/aromatic N) is 2. The molecule has 1 aromatic heterocycles. The van der Waals surface area contributed by atoms with Gasteiger partial charge in [0, 0.05) is 5.56 Å². The predicted octanol–water partition coefficient (Wildman–Crippen LogP) is 2.96. The summed E-state index contributed by atoms with van der Waals surface area (Å²) in [5.74, 6) is 1.78. The van der Waals surface area contributed by atoms with Crippen LogP contribution < -0.4 is 19.5 Å². The Morgan fingerprint density at radius 2 is 1.93 bits per heavy atom. The lowest BCUT2D eigenvalue weighted by Gasteiger charge is -2.13. The molecule has 2 aromatic carbocycles. The standard InChI is InChI=1S/C19H17N3O5/c1-11(12-3-6-14(24-2)7-4-12)20-18(23)17-21-19(27-22-17)13-5-8-15-16(9-13)26-10-25-15/h3-9,11H,10H2,1-2H3,(H,20,23)/t11-/m1/s1. The second-order valence-corrected chi connectivity index (χ2v) is 5.96. The third-order valence-electron chi connectivity index (χ3n) is 4.21. The molecular weight excluding hydrogens is 350 g/mol. The molecule has 138 valence electrons. The fourth-order valence-electron chi connectivity index (χ4n) is 2.70. The molecule has 0 radical (unpaired) electrons. The summed E-state index contributed by atoms with van der Waals surface area (Å²) in [7, 11) is 1.61. The highest BCUT2D eigenvalue weighted by molar-refractivity contribution is 5.91. The zero-order valence-electron chi connectivity index (χ0n) is 14.8. The van der Waals surface area contributed by atoms with Crippen molar-refractivity contribution in [1.29, 1.82) is 0 Å². The number of ether oxygens (including phenoxy) is 3. The van der Waals surface area contributed by atoms with Gasteiger partial charge in [0.05, 0.1) is 13.2 Å². The molecule has 0 saturated heterocycles. The summed E-state index contributed by atoms with van der Waals surface area (Å²) in [5, 5.41) is 6.62. The van der Waals surface area contributed by atoms with Crippen molar-refractivity contribution in [3.8, 4) is 28.7 Å². The SMILES string of the molecule is COc1ccc([C@@H](C)NC(=O)c2noc(-c3ccc4c(c3)OCO4)n2)cc1. The Morgan fingerprint density at radius 1 is 1.15 bits per heavy atom. The van der Waals surface area contributed by atoms with Gasteiger partial charge in [0.2, 0.25) is 6.79 Å². The van der Waals surface area contributed by atoms with Gasteiger partial charge in [-0.25, -0.2) is 0 Å². The van der Waals surface area contributed by atoms with E-state index in [9.17, 15) is 4.79 Å². The number of methoxy groups -OCH3 is 1. The molecule has 8 heteroatoms. The van der Waals surface area contributed by atoms with Crippen LogP contribution in [-0.2, 0) is 0 Å². The van der Waals surface area contributed by atoms with E-state index in [0.717, 1.165) is 11.3 Å². The van der Waals surface area contributed by atoms with Crippen molar-refractivity contribution in [1.82, 2.24) is 15.5 Å². The molecule has 3 aromatic rings. The zero-order valence-corrected chi connectivity index (χ0v) is 14.8. The first-order chi connectivity index (χ1) is 13.1. The van der Waals surface area contributed by atoms with E-state index >= 15 is 0 Å². The van der Waals surface area contributed by atoms with Crippen LogP contribution in [0.3, 0.4) is 0 Å². The lowest BCUT2D eigenvalue weighted by Crippen LogP contribution is -2.27. The molecule has 0 fully saturated rings. The first kappa shape index (κ1) is 16.9. The van der Waals surface area contributed by atoms with Crippen molar-refractivity contribution in [2.45, 2.75) is 13.0 Å². The van der Waals surface area contributed by atoms with Gasteiger partial charge in [-0.2, -0.15) is 4.98 Å². The summed E-state index contributed by atoms with van der Waals surface area (Å²) >= 11 is 0. The molecule has 1 aliphatic rings. The summed E-state index contributed by atoms with van der Waals surface area (Å²) in [6, 6.07) is 12.5. The minimum absolute atomic E-state index is 0.0389. The number of hydrogen-bond acceptors (Lipinski definition) is 7. The highest BCUT2D eigenvalue weighted by atomic mass is 16.7. The Balaban J connectivity index is 1.46. The number of nitrogens with one attached hydrogen (secondary N) is 1. The molecule has 0 bridgehead atoms. The zero-order chi connectivity index (χ0) is 18.8. The molecule has 27 heavy (non-hydrogen) atoms. The maximum absolute atomic E-state index is 12.4. The first-order valence-corrected chi connectivity index (χ1v) is 8.32. The van der Waals surface area contributed by atoms with Gasteiger partial charge >= 0.3 is 0 Å². The van der Waals surface area contributed by atoms with Gasteiger partial charge in [-0.1, -0.05) is 17.3 Å². The first-order valence-electron chi connectivity index (χ1n) is 8.32. The molecular formula is C19H17N3O5. The Morgan fingerprint density at radius 3 is 2.70 bits per heavy atom. The smallest absolute Gasteiger partial charge is 0.293 e. The monoisotopic (exact) mass is 367 g/mol. The van der Waals surface area contributed by atoms with Crippen LogP contribution in [0.25, 0.3) is 11.5 Å². The Hall–Kier alpha value is -3.55. The Labute approximate surface area is 155 Å². The van der Waals surface area contributed by atoms with Crippen molar-refractivity contribution in [2.75, 3.05) is 13.9 Å². The quantitative estimate of drug-likeness (QED) is 0.740. The van der Waals surface area contributed by atoms with E-state index in [2.05, 4.69) is 15.5 Å². The summed E-state index contributed by atoms with van der Waals surface area (Å²) in [4.78, 5) is 16.6. The van der Waals surface area contributed by atoms with Crippen LogP contribution in [-0.4, -0.2) is 30.0 Å². The maximum Gasteiger partial charge on any atom is 0.293 e.